The van der Waals surface area contributed by atoms with E-state index in [4.69, 9.17) is 15.6 Å². The summed E-state index contributed by atoms with van der Waals surface area (Å²) in [7, 11) is 0. The van der Waals surface area contributed by atoms with E-state index >= 15 is 0 Å². The van der Waals surface area contributed by atoms with Gasteiger partial charge in [-0.05, 0) is 38.0 Å². The summed E-state index contributed by atoms with van der Waals surface area (Å²) < 4.78 is 31.9. The fourth-order valence-corrected chi connectivity index (χ4v) is 1.44. The minimum atomic E-state index is -1.33. The van der Waals surface area contributed by atoms with E-state index in [0.717, 1.165) is 12.1 Å². The van der Waals surface area contributed by atoms with Crippen molar-refractivity contribution in [3.63, 3.8) is 0 Å². The van der Waals surface area contributed by atoms with Crippen LogP contribution in [0.25, 0.3) is 0 Å². The first kappa shape index (κ1) is 14.4. The number of halogens is 2. The van der Waals surface area contributed by atoms with Gasteiger partial charge in [-0.1, -0.05) is 0 Å². The van der Waals surface area contributed by atoms with Crippen LogP contribution >= 0.6 is 0 Å². The van der Waals surface area contributed by atoms with Crippen molar-refractivity contribution in [1.29, 1.82) is 0 Å². The average Bonchev–Trinajstić information content (AvgIpc) is 2.21. The molecule has 0 spiro atoms. The molecule has 3 N–H and O–H groups in total. The smallest absolute Gasteiger partial charge is 0.344 e. The van der Waals surface area contributed by atoms with Gasteiger partial charge in [0.25, 0.3) is 0 Å². The van der Waals surface area contributed by atoms with Gasteiger partial charge in [0.15, 0.2) is 23.5 Å². The van der Waals surface area contributed by atoms with Crippen LogP contribution in [0, 0.1) is 11.6 Å². The van der Waals surface area contributed by atoms with Crippen molar-refractivity contribution in [2.45, 2.75) is 32.4 Å². The Morgan fingerprint density at radius 1 is 1.39 bits per heavy atom. The molecule has 1 aromatic rings. The zero-order valence-electron chi connectivity index (χ0n) is 10.1. The number of carboxylic acid groups (broad SMARTS) is 1. The van der Waals surface area contributed by atoms with Crippen molar-refractivity contribution in [1.82, 2.24) is 0 Å². The third-order valence-electron chi connectivity index (χ3n) is 2.26. The van der Waals surface area contributed by atoms with Crippen LogP contribution in [0.4, 0.5) is 8.78 Å². The highest BCUT2D eigenvalue weighted by Crippen LogP contribution is 2.25. The van der Waals surface area contributed by atoms with E-state index in [9.17, 15) is 13.6 Å². The molecular formula is C12H15F2NO3. The highest BCUT2D eigenvalue weighted by molar-refractivity contribution is 5.72. The first-order valence-corrected chi connectivity index (χ1v) is 5.44. The number of ether oxygens (including phenoxy) is 1. The summed E-state index contributed by atoms with van der Waals surface area (Å²) in [6.07, 6.45) is -1.00. The first-order valence-electron chi connectivity index (χ1n) is 5.44. The van der Waals surface area contributed by atoms with Crippen molar-refractivity contribution in [3.8, 4) is 5.75 Å². The van der Waals surface area contributed by atoms with Crippen LogP contribution in [-0.2, 0) is 11.2 Å². The van der Waals surface area contributed by atoms with Crippen molar-refractivity contribution in [2.24, 2.45) is 5.73 Å². The number of carbonyl (C=O) groups is 1. The normalized spacial score (nSPS) is 14.1. The molecule has 0 aliphatic heterocycles. The van der Waals surface area contributed by atoms with Gasteiger partial charge < -0.3 is 15.6 Å². The number of carboxylic acids is 1. The molecule has 0 radical (unpaired) electrons. The lowest BCUT2D eigenvalue weighted by Crippen LogP contribution is -2.24. The predicted molar refractivity (Wildman–Crippen MR) is 61.4 cm³/mol. The van der Waals surface area contributed by atoms with Crippen molar-refractivity contribution in [2.75, 3.05) is 0 Å². The standard InChI is InChI=1S/C12H15F2NO3/c1-6(15)3-8-4-9(13)11(10(14)5-8)18-7(2)12(16)17/h4-7H,3,15H2,1-2H3,(H,16,17). The molecule has 6 heteroatoms. The maximum absolute atomic E-state index is 13.6. The molecule has 0 aromatic heterocycles. The molecule has 0 aliphatic carbocycles. The van der Waals surface area contributed by atoms with Gasteiger partial charge in [0.1, 0.15) is 0 Å². The molecule has 0 heterocycles. The predicted octanol–water partition coefficient (Wildman–Crippen LogP) is 1.71. The van der Waals surface area contributed by atoms with E-state index in [1.807, 2.05) is 0 Å². The second kappa shape index (κ2) is 5.77. The van der Waals surface area contributed by atoms with Gasteiger partial charge >= 0.3 is 5.97 Å². The Hall–Kier alpha value is -1.69. The van der Waals surface area contributed by atoms with Crippen LogP contribution in [0.2, 0.25) is 0 Å². The maximum Gasteiger partial charge on any atom is 0.344 e. The van der Waals surface area contributed by atoms with Gasteiger partial charge in [-0.3, -0.25) is 0 Å². The molecule has 1 aromatic carbocycles. The summed E-state index contributed by atoms with van der Waals surface area (Å²) >= 11 is 0. The van der Waals surface area contributed by atoms with Gasteiger partial charge in [-0.25, -0.2) is 13.6 Å². The van der Waals surface area contributed by atoms with Crippen molar-refractivity contribution in [3.05, 3.63) is 29.3 Å². The Bertz CT molecular complexity index is 426. The SMILES string of the molecule is CC(N)Cc1cc(F)c(OC(C)C(=O)O)c(F)c1. The minimum absolute atomic E-state index is 0.228. The lowest BCUT2D eigenvalue weighted by molar-refractivity contribution is -0.144. The molecule has 18 heavy (non-hydrogen) atoms. The Morgan fingerprint density at radius 3 is 2.28 bits per heavy atom. The Balaban J connectivity index is 2.97. The summed E-state index contributed by atoms with van der Waals surface area (Å²) in [6.45, 7) is 2.91. The van der Waals surface area contributed by atoms with Crippen LogP contribution in [0.3, 0.4) is 0 Å². The summed E-state index contributed by atoms with van der Waals surface area (Å²) in [6, 6.07) is 1.96. The second-order valence-electron chi connectivity index (χ2n) is 4.17. The topological polar surface area (TPSA) is 72.5 Å². The number of aliphatic carboxylic acids is 1. The molecule has 0 bridgehead atoms. The molecule has 100 valence electrons. The molecule has 0 fully saturated rings. The monoisotopic (exact) mass is 259 g/mol. The molecule has 0 amide bonds. The molecule has 2 atom stereocenters. The highest BCUT2D eigenvalue weighted by Gasteiger charge is 2.19. The zero-order valence-corrected chi connectivity index (χ0v) is 10.1. The summed E-state index contributed by atoms with van der Waals surface area (Å²) in [5, 5.41) is 8.61. The van der Waals surface area contributed by atoms with Crippen LogP contribution in [0.5, 0.6) is 5.75 Å². The molecule has 0 aliphatic rings. The number of nitrogens with two attached hydrogens (primary N) is 1. The summed E-state index contributed by atoms with van der Waals surface area (Å²) in [5.74, 6) is -3.84. The van der Waals surface area contributed by atoms with Gasteiger partial charge in [0.2, 0.25) is 0 Å². The van der Waals surface area contributed by atoms with E-state index in [2.05, 4.69) is 0 Å². The molecule has 4 nitrogen and oxygen atoms in total. The Labute approximate surface area is 103 Å². The molecule has 1 rings (SSSR count). The van der Waals surface area contributed by atoms with E-state index in [-0.39, 0.29) is 6.04 Å². The van der Waals surface area contributed by atoms with Crippen molar-refractivity contribution >= 4 is 5.97 Å². The number of benzene rings is 1. The van der Waals surface area contributed by atoms with E-state index in [1.165, 1.54) is 6.92 Å². The van der Waals surface area contributed by atoms with Crippen LogP contribution in [-0.4, -0.2) is 23.2 Å². The minimum Gasteiger partial charge on any atom is -0.479 e. The van der Waals surface area contributed by atoms with Gasteiger partial charge in [0.05, 0.1) is 0 Å². The summed E-state index contributed by atoms with van der Waals surface area (Å²) in [5.41, 5.74) is 5.93. The third-order valence-corrected chi connectivity index (χ3v) is 2.26. The molecular weight excluding hydrogens is 244 g/mol. The zero-order chi connectivity index (χ0) is 13.9. The van der Waals surface area contributed by atoms with Crippen LogP contribution < -0.4 is 10.5 Å². The fraction of sp³-hybridized carbons (Fsp3) is 0.417. The third kappa shape index (κ3) is 3.66. The van der Waals surface area contributed by atoms with Gasteiger partial charge in [-0.2, -0.15) is 0 Å². The van der Waals surface area contributed by atoms with E-state index in [0.29, 0.717) is 12.0 Å². The lowest BCUT2D eigenvalue weighted by Gasteiger charge is -2.13. The fourth-order valence-electron chi connectivity index (χ4n) is 1.44. The molecule has 2 unspecified atom stereocenters. The number of rotatable bonds is 5. The lowest BCUT2D eigenvalue weighted by atomic mass is 10.1. The van der Waals surface area contributed by atoms with E-state index < -0.39 is 29.5 Å². The number of hydrogen-bond acceptors (Lipinski definition) is 3. The van der Waals surface area contributed by atoms with Gasteiger partial charge in [0, 0.05) is 6.04 Å². The quantitative estimate of drug-likeness (QED) is 0.844. The highest BCUT2D eigenvalue weighted by atomic mass is 19.1. The summed E-state index contributed by atoms with van der Waals surface area (Å²) in [4.78, 5) is 10.6. The van der Waals surface area contributed by atoms with Crippen LogP contribution in [0.15, 0.2) is 12.1 Å². The number of hydrogen-bond donors (Lipinski definition) is 2. The van der Waals surface area contributed by atoms with E-state index in [1.54, 1.807) is 6.92 Å². The molecule has 0 saturated carbocycles. The Morgan fingerprint density at radius 2 is 1.89 bits per heavy atom. The molecule has 0 saturated heterocycles. The van der Waals surface area contributed by atoms with Gasteiger partial charge in [-0.15, -0.1) is 0 Å². The Kier molecular flexibility index (Phi) is 4.61. The first-order chi connectivity index (χ1) is 8.31. The largest absolute Gasteiger partial charge is 0.479 e. The average molecular weight is 259 g/mol. The van der Waals surface area contributed by atoms with Crippen molar-refractivity contribution < 1.29 is 23.4 Å². The maximum atomic E-state index is 13.6. The van der Waals surface area contributed by atoms with Crippen LogP contribution in [0.1, 0.15) is 19.4 Å². The second-order valence-corrected chi connectivity index (χ2v) is 4.17.